The van der Waals surface area contributed by atoms with Gasteiger partial charge in [-0.15, -0.1) is 0 Å². The average Bonchev–Trinajstić information content (AvgIpc) is 3.00. The number of aromatic nitrogens is 1. The maximum atomic E-state index is 12.1. The molecule has 1 atom stereocenters. The van der Waals surface area contributed by atoms with E-state index in [0.29, 0.717) is 0 Å². The van der Waals surface area contributed by atoms with Crippen LogP contribution in [0.4, 0.5) is 5.00 Å². The topological polar surface area (TPSA) is 107 Å². The number of rotatable bonds is 9. The first-order valence-electron chi connectivity index (χ1n) is 7.28. The van der Waals surface area contributed by atoms with Gasteiger partial charge in [0.1, 0.15) is 11.0 Å². The van der Waals surface area contributed by atoms with E-state index in [1.807, 2.05) is 0 Å². The van der Waals surface area contributed by atoms with Crippen LogP contribution in [0.5, 0.6) is 0 Å². The molecule has 0 bridgehead atoms. The van der Waals surface area contributed by atoms with Crippen LogP contribution in [0, 0.1) is 0 Å². The highest BCUT2D eigenvalue weighted by Crippen LogP contribution is 2.18. The summed E-state index contributed by atoms with van der Waals surface area (Å²) in [7, 11) is 1.72. The SMILES string of the molecule is CCOC(=O)CC[C@H](NC(=O)c1ncc(NC)s1)C(=O)OCC. The number of anilines is 1. The fraction of sp³-hybridized carbons (Fsp3) is 0.571. The van der Waals surface area contributed by atoms with E-state index in [-0.39, 0.29) is 31.1 Å². The summed E-state index contributed by atoms with van der Waals surface area (Å²) >= 11 is 1.16. The first kappa shape index (κ1) is 18.9. The quantitative estimate of drug-likeness (QED) is 0.649. The van der Waals surface area contributed by atoms with E-state index in [1.54, 1.807) is 20.9 Å². The van der Waals surface area contributed by atoms with E-state index in [0.717, 1.165) is 16.3 Å². The van der Waals surface area contributed by atoms with Crippen LogP contribution in [-0.2, 0) is 19.1 Å². The summed E-state index contributed by atoms with van der Waals surface area (Å²) < 4.78 is 9.74. The maximum Gasteiger partial charge on any atom is 0.328 e. The van der Waals surface area contributed by atoms with Crippen molar-refractivity contribution in [1.29, 1.82) is 0 Å². The molecular weight excluding hydrogens is 322 g/mol. The summed E-state index contributed by atoms with van der Waals surface area (Å²) in [6, 6.07) is -0.922. The van der Waals surface area contributed by atoms with Crippen LogP contribution in [0.15, 0.2) is 6.20 Å². The van der Waals surface area contributed by atoms with Crippen LogP contribution in [-0.4, -0.2) is 49.1 Å². The van der Waals surface area contributed by atoms with E-state index in [9.17, 15) is 14.4 Å². The molecule has 0 saturated heterocycles. The minimum atomic E-state index is -0.922. The molecule has 0 unspecified atom stereocenters. The predicted octanol–water partition coefficient (Wildman–Crippen LogP) is 1.19. The third-order valence-electron chi connectivity index (χ3n) is 2.77. The number of hydrogen-bond acceptors (Lipinski definition) is 8. The Morgan fingerprint density at radius 1 is 1.26 bits per heavy atom. The number of hydrogen-bond donors (Lipinski definition) is 2. The largest absolute Gasteiger partial charge is 0.466 e. The summed E-state index contributed by atoms with van der Waals surface area (Å²) in [5.41, 5.74) is 0. The number of carbonyl (C=O) groups excluding carboxylic acids is 3. The smallest absolute Gasteiger partial charge is 0.328 e. The lowest BCUT2D eigenvalue weighted by atomic mass is 10.1. The van der Waals surface area contributed by atoms with Gasteiger partial charge in [-0.3, -0.25) is 9.59 Å². The van der Waals surface area contributed by atoms with Crippen molar-refractivity contribution in [2.75, 3.05) is 25.6 Å². The Kier molecular flexibility index (Phi) is 8.03. The summed E-state index contributed by atoms with van der Waals surface area (Å²) in [6.45, 7) is 3.82. The van der Waals surface area contributed by atoms with Crippen molar-refractivity contribution in [2.24, 2.45) is 0 Å². The van der Waals surface area contributed by atoms with Crippen molar-refractivity contribution < 1.29 is 23.9 Å². The van der Waals surface area contributed by atoms with Crippen molar-refractivity contribution >= 4 is 34.2 Å². The maximum absolute atomic E-state index is 12.1. The van der Waals surface area contributed by atoms with Crippen LogP contribution in [0.1, 0.15) is 36.5 Å². The molecule has 0 aliphatic rings. The Morgan fingerprint density at radius 3 is 2.52 bits per heavy atom. The van der Waals surface area contributed by atoms with Crippen molar-refractivity contribution in [3.8, 4) is 0 Å². The van der Waals surface area contributed by atoms with Crippen molar-refractivity contribution in [1.82, 2.24) is 10.3 Å². The fourth-order valence-electron chi connectivity index (χ4n) is 1.70. The molecule has 0 fully saturated rings. The monoisotopic (exact) mass is 343 g/mol. The van der Waals surface area contributed by atoms with Crippen molar-refractivity contribution in [3.63, 3.8) is 0 Å². The second-order valence-electron chi connectivity index (χ2n) is 4.40. The average molecular weight is 343 g/mol. The minimum absolute atomic E-state index is 0.0111. The van der Waals surface area contributed by atoms with E-state index < -0.39 is 23.9 Å². The Morgan fingerprint density at radius 2 is 1.96 bits per heavy atom. The van der Waals surface area contributed by atoms with Crippen molar-refractivity contribution in [3.05, 3.63) is 11.2 Å². The van der Waals surface area contributed by atoms with Crippen LogP contribution >= 0.6 is 11.3 Å². The normalized spacial score (nSPS) is 11.4. The Bertz CT molecular complexity index is 546. The summed E-state index contributed by atoms with van der Waals surface area (Å²) in [6.07, 6.45) is 1.64. The van der Waals surface area contributed by atoms with E-state index in [2.05, 4.69) is 15.6 Å². The summed E-state index contributed by atoms with van der Waals surface area (Å²) in [4.78, 5) is 39.5. The molecule has 1 heterocycles. The highest BCUT2D eigenvalue weighted by Gasteiger charge is 2.25. The second kappa shape index (κ2) is 9.78. The number of nitrogens with one attached hydrogen (secondary N) is 2. The van der Waals surface area contributed by atoms with E-state index in [4.69, 9.17) is 9.47 Å². The highest BCUT2D eigenvalue weighted by atomic mass is 32.1. The van der Waals surface area contributed by atoms with Gasteiger partial charge >= 0.3 is 11.9 Å². The number of amides is 1. The lowest BCUT2D eigenvalue weighted by Gasteiger charge is -2.16. The molecule has 9 heteroatoms. The third kappa shape index (κ3) is 6.23. The predicted molar refractivity (Wildman–Crippen MR) is 85.4 cm³/mol. The van der Waals surface area contributed by atoms with Crippen LogP contribution < -0.4 is 10.6 Å². The van der Waals surface area contributed by atoms with Gasteiger partial charge in [0.2, 0.25) is 0 Å². The number of nitrogens with zero attached hydrogens (tertiary/aromatic N) is 1. The fourth-order valence-corrected chi connectivity index (χ4v) is 2.37. The molecule has 23 heavy (non-hydrogen) atoms. The molecule has 0 saturated carbocycles. The Labute approximate surface area is 138 Å². The number of carbonyl (C=O) groups is 3. The molecule has 1 amide bonds. The number of thiazole rings is 1. The molecule has 0 aromatic carbocycles. The molecule has 2 N–H and O–H groups in total. The van der Waals surface area contributed by atoms with Gasteiger partial charge < -0.3 is 20.1 Å². The first-order chi connectivity index (χ1) is 11.0. The van der Waals surface area contributed by atoms with Gasteiger partial charge in [0.15, 0.2) is 5.01 Å². The van der Waals surface area contributed by atoms with Crippen LogP contribution in [0.25, 0.3) is 0 Å². The third-order valence-corrected chi connectivity index (χ3v) is 3.78. The second-order valence-corrected chi connectivity index (χ2v) is 5.43. The van der Waals surface area contributed by atoms with E-state index >= 15 is 0 Å². The van der Waals surface area contributed by atoms with Gasteiger partial charge in [0, 0.05) is 13.5 Å². The van der Waals surface area contributed by atoms with Gasteiger partial charge in [0.25, 0.3) is 5.91 Å². The van der Waals surface area contributed by atoms with E-state index in [1.165, 1.54) is 6.20 Å². The van der Waals surface area contributed by atoms with Gasteiger partial charge in [-0.1, -0.05) is 11.3 Å². The zero-order valence-corrected chi connectivity index (χ0v) is 14.2. The highest BCUT2D eigenvalue weighted by molar-refractivity contribution is 7.17. The molecular formula is C14H21N3O5S. The van der Waals surface area contributed by atoms with Gasteiger partial charge in [0.05, 0.1) is 19.4 Å². The molecule has 8 nitrogen and oxygen atoms in total. The Hall–Kier alpha value is -2.16. The Balaban J connectivity index is 2.69. The molecule has 1 rings (SSSR count). The molecule has 0 aliphatic heterocycles. The molecule has 0 aliphatic carbocycles. The standard InChI is InChI=1S/C14H21N3O5S/c1-4-21-11(18)7-6-9(14(20)22-5-2)17-12(19)13-16-8-10(15-3)23-13/h8-9,15H,4-7H2,1-3H3,(H,17,19)/t9-/m0/s1. The number of ether oxygens (including phenoxy) is 2. The number of esters is 2. The van der Waals surface area contributed by atoms with Crippen LogP contribution in [0.3, 0.4) is 0 Å². The van der Waals surface area contributed by atoms with Gasteiger partial charge in [-0.05, 0) is 20.3 Å². The van der Waals surface area contributed by atoms with Crippen molar-refractivity contribution in [2.45, 2.75) is 32.7 Å². The summed E-state index contributed by atoms with van der Waals surface area (Å²) in [5.74, 6) is -1.50. The van der Waals surface area contributed by atoms with Gasteiger partial charge in [-0.25, -0.2) is 9.78 Å². The lowest BCUT2D eigenvalue weighted by Crippen LogP contribution is -2.42. The zero-order chi connectivity index (χ0) is 17.2. The molecule has 1 aromatic rings. The van der Waals surface area contributed by atoms with Gasteiger partial charge in [-0.2, -0.15) is 0 Å². The van der Waals surface area contributed by atoms with Crippen LogP contribution in [0.2, 0.25) is 0 Å². The minimum Gasteiger partial charge on any atom is -0.466 e. The molecule has 128 valence electrons. The molecule has 0 spiro atoms. The lowest BCUT2D eigenvalue weighted by molar-refractivity contribution is -0.146. The first-order valence-corrected chi connectivity index (χ1v) is 8.10. The molecule has 1 aromatic heterocycles. The molecule has 0 radical (unpaired) electrons. The zero-order valence-electron chi connectivity index (χ0n) is 13.4. The summed E-state index contributed by atoms with van der Waals surface area (Å²) in [5, 5.41) is 6.38.